The summed E-state index contributed by atoms with van der Waals surface area (Å²) in [4.78, 5) is 10.9. The van der Waals surface area contributed by atoms with Crippen LogP contribution in [0.5, 0.6) is 0 Å². The summed E-state index contributed by atoms with van der Waals surface area (Å²) in [7, 11) is -3.78. The maximum absolute atomic E-state index is 11.8. The first-order valence-corrected chi connectivity index (χ1v) is 6.54. The SMILES string of the molecule is O=C(O)[C@@H]1CC(O)CN1S(=O)(=O)NC1CC1. The molecule has 0 aromatic rings. The number of hydrogen-bond acceptors (Lipinski definition) is 4. The quantitative estimate of drug-likeness (QED) is 0.563. The van der Waals surface area contributed by atoms with Crippen molar-refractivity contribution in [3.05, 3.63) is 0 Å². The van der Waals surface area contributed by atoms with Crippen LogP contribution in [-0.4, -0.2) is 53.6 Å². The molecule has 1 aliphatic heterocycles. The lowest BCUT2D eigenvalue weighted by molar-refractivity contribution is -0.140. The van der Waals surface area contributed by atoms with Crippen molar-refractivity contribution >= 4 is 16.2 Å². The summed E-state index contributed by atoms with van der Waals surface area (Å²) in [5, 5.41) is 18.2. The number of carbonyl (C=O) groups is 1. The van der Waals surface area contributed by atoms with Crippen molar-refractivity contribution in [2.45, 2.75) is 37.5 Å². The number of carboxylic acid groups (broad SMARTS) is 1. The maximum atomic E-state index is 11.8. The second-order valence-corrected chi connectivity index (χ2v) is 5.87. The Kier molecular flexibility index (Phi) is 2.91. The van der Waals surface area contributed by atoms with Gasteiger partial charge in [-0.15, -0.1) is 0 Å². The zero-order valence-corrected chi connectivity index (χ0v) is 9.35. The van der Waals surface area contributed by atoms with E-state index in [4.69, 9.17) is 5.11 Å². The van der Waals surface area contributed by atoms with E-state index in [0.29, 0.717) is 0 Å². The lowest BCUT2D eigenvalue weighted by Gasteiger charge is -2.20. The minimum Gasteiger partial charge on any atom is -0.480 e. The van der Waals surface area contributed by atoms with Gasteiger partial charge in [0.05, 0.1) is 6.10 Å². The highest BCUT2D eigenvalue weighted by molar-refractivity contribution is 7.87. The zero-order valence-electron chi connectivity index (χ0n) is 8.54. The van der Waals surface area contributed by atoms with Crippen molar-refractivity contribution in [1.82, 2.24) is 9.03 Å². The van der Waals surface area contributed by atoms with E-state index in [1.807, 2.05) is 0 Å². The van der Waals surface area contributed by atoms with Gasteiger partial charge in [-0.1, -0.05) is 0 Å². The fraction of sp³-hybridized carbons (Fsp3) is 0.875. The molecule has 0 spiro atoms. The number of nitrogens with one attached hydrogen (secondary N) is 1. The number of β-amino-alcohol motifs (C(OH)–C–C–N with tert-alkyl or cyclic N) is 1. The maximum Gasteiger partial charge on any atom is 0.322 e. The van der Waals surface area contributed by atoms with Crippen LogP contribution in [0.15, 0.2) is 0 Å². The van der Waals surface area contributed by atoms with Crippen molar-refractivity contribution in [2.24, 2.45) is 0 Å². The Morgan fingerprint density at radius 1 is 1.38 bits per heavy atom. The summed E-state index contributed by atoms with van der Waals surface area (Å²) in [5.41, 5.74) is 0. The van der Waals surface area contributed by atoms with Crippen LogP contribution in [0, 0.1) is 0 Å². The summed E-state index contributed by atoms with van der Waals surface area (Å²) in [6.07, 6.45) is 0.610. The topological polar surface area (TPSA) is 107 Å². The Bertz CT molecular complexity index is 391. The summed E-state index contributed by atoms with van der Waals surface area (Å²) >= 11 is 0. The molecule has 1 saturated carbocycles. The van der Waals surface area contributed by atoms with Gasteiger partial charge in [-0.3, -0.25) is 4.79 Å². The number of nitrogens with zero attached hydrogens (tertiary/aromatic N) is 1. The van der Waals surface area contributed by atoms with Gasteiger partial charge in [0.1, 0.15) is 6.04 Å². The van der Waals surface area contributed by atoms with E-state index < -0.39 is 28.3 Å². The van der Waals surface area contributed by atoms with E-state index in [2.05, 4.69) is 4.72 Å². The molecule has 3 N–H and O–H groups in total. The summed E-state index contributed by atoms with van der Waals surface area (Å²) in [5.74, 6) is -1.22. The molecule has 0 bridgehead atoms. The third kappa shape index (κ3) is 2.34. The Morgan fingerprint density at radius 3 is 2.50 bits per heavy atom. The molecule has 0 radical (unpaired) electrons. The number of carboxylic acids is 1. The molecule has 7 nitrogen and oxygen atoms in total. The number of aliphatic carboxylic acids is 1. The van der Waals surface area contributed by atoms with E-state index in [0.717, 1.165) is 17.1 Å². The van der Waals surface area contributed by atoms with Crippen LogP contribution in [-0.2, 0) is 15.0 Å². The minimum absolute atomic E-state index is 0.0547. The lowest BCUT2D eigenvalue weighted by atomic mass is 10.2. The second-order valence-electron chi connectivity index (χ2n) is 4.21. The van der Waals surface area contributed by atoms with Crippen molar-refractivity contribution in [2.75, 3.05) is 6.54 Å². The second kappa shape index (κ2) is 3.95. The third-order valence-electron chi connectivity index (χ3n) is 2.72. The van der Waals surface area contributed by atoms with Crippen molar-refractivity contribution < 1.29 is 23.4 Å². The first-order chi connectivity index (χ1) is 7.40. The van der Waals surface area contributed by atoms with E-state index in [1.165, 1.54) is 0 Å². The largest absolute Gasteiger partial charge is 0.480 e. The smallest absolute Gasteiger partial charge is 0.322 e. The van der Waals surface area contributed by atoms with Crippen LogP contribution < -0.4 is 4.72 Å². The van der Waals surface area contributed by atoms with Crippen molar-refractivity contribution in [1.29, 1.82) is 0 Å². The lowest BCUT2D eigenvalue weighted by Crippen LogP contribution is -2.47. The van der Waals surface area contributed by atoms with Crippen molar-refractivity contribution in [3.8, 4) is 0 Å². The van der Waals surface area contributed by atoms with E-state index in [9.17, 15) is 18.3 Å². The van der Waals surface area contributed by atoms with Gasteiger partial charge in [0.25, 0.3) is 10.2 Å². The fourth-order valence-corrected chi connectivity index (χ4v) is 3.43. The Labute approximate surface area is 93.2 Å². The van der Waals surface area contributed by atoms with Crippen LogP contribution >= 0.6 is 0 Å². The highest BCUT2D eigenvalue weighted by atomic mass is 32.2. The van der Waals surface area contributed by atoms with E-state index >= 15 is 0 Å². The van der Waals surface area contributed by atoms with Crippen LogP contribution in [0.2, 0.25) is 0 Å². The molecule has 0 aromatic carbocycles. The van der Waals surface area contributed by atoms with Gasteiger partial charge in [0, 0.05) is 19.0 Å². The molecule has 1 heterocycles. The molecule has 2 rings (SSSR count). The molecule has 92 valence electrons. The zero-order chi connectivity index (χ0) is 11.9. The van der Waals surface area contributed by atoms with Gasteiger partial charge in [0.2, 0.25) is 0 Å². The van der Waals surface area contributed by atoms with Gasteiger partial charge in [0.15, 0.2) is 0 Å². The normalized spacial score (nSPS) is 31.8. The van der Waals surface area contributed by atoms with Gasteiger partial charge >= 0.3 is 5.97 Å². The van der Waals surface area contributed by atoms with Gasteiger partial charge in [-0.25, -0.2) is 0 Å². The van der Waals surface area contributed by atoms with Gasteiger partial charge in [-0.2, -0.15) is 17.4 Å². The van der Waals surface area contributed by atoms with Crippen LogP contribution in [0.4, 0.5) is 0 Å². The summed E-state index contributed by atoms with van der Waals surface area (Å²) in [6.45, 7) is -0.154. The summed E-state index contributed by atoms with van der Waals surface area (Å²) < 4.78 is 26.8. The molecule has 16 heavy (non-hydrogen) atoms. The molecule has 1 unspecified atom stereocenters. The Morgan fingerprint density at radius 2 is 2.00 bits per heavy atom. The molecular weight excluding hydrogens is 236 g/mol. The molecule has 1 saturated heterocycles. The molecule has 2 fully saturated rings. The average molecular weight is 250 g/mol. The molecule has 2 atom stereocenters. The Balaban J connectivity index is 2.14. The highest BCUT2D eigenvalue weighted by Crippen LogP contribution is 2.25. The third-order valence-corrected chi connectivity index (χ3v) is 4.37. The first-order valence-electron chi connectivity index (χ1n) is 5.10. The first kappa shape index (κ1) is 11.8. The molecule has 0 amide bonds. The van der Waals surface area contributed by atoms with Crippen LogP contribution in [0.1, 0.15) is 19.3 Å². The fourth-order valence-electron chi connectivity index (χ4n) is 1.75. The van der Waals surface area contributed by atoms with Gasteiger partial charge < -0.3 is 10.2 Å². The molecule has 2 aliphatic rings. The molecule has 8 heteroatoms. The number of aliphatic hydroxyl groups excluding tert-OH is 1. The molecule has 0 aromatic heterocycles. The number of hydrogen-bond donors (Lipinski definition) is 3. The molecule has 1 aliphatic carbocycles. The highest BCUT2D eigenvalue weighted by Gasteiger charge is 2.44. The van der Waals surface area contributed by atoms with E-state index in [-0.39, 0.29) is 19.0 Å². The van der Waals surface area contributed by atoms with Gasteiger partial charge in [-0.05, 0) is 12.8 Å². The van der Waals surface area contributed by atoms with Crippen molar-refractivity contribution in [3.63, 3.8) is 0 Å². The monoisotopic (exact) mass is 250 g/mol. The summed E-state index contributed by atoms with van der Waals surface area (Å²) in [6, 6.07) is -1.23. The number of rotatable bonds is 4. The standard InChI is InChI=1S/C8H14N2O5S/c11-6-3-7(8(12)13)10(4-6)16(14,15)9-5-1-2-5/h5-7,9,11H,1-4H2,(H,12,13)/t6?,7-/m0/s1. The predicted molar refractivity (Wildman–Crippen MR) is 53.8 cm³/mol. The van der Waals surface area contributed by atoms with Crippen LogP contribution in [0.3, 0.4) is 0 Å². The van der Waals surface area contributed by atoms with Crippen LogP contribution in [0.25, 0.3) is 0 Å². The average Bonchev–Trinajstić information content (AvgIpc) is 2.84. The number of aliphatic hydroxyl groups is 1. The minimum atomic E-state index is -3.78. The molecular formula is C8H14N2O5S. The predicted octanol–water partition coefficient (Wildman–Crippen LogP) is -1.50. The Hall–Kier alpha value is -0.700. The van der Waals surface area contributed by atoms with E-state index in [1.54, 1.807) is 0 Å².